The summed E-state index contributed by atoms with van der Waals surface area (Å²) in [6, 6.07) is 4.99. The van der Waals surface area contributed by atoms with E-state index < -0.39 is 23.2 Å². The van der Waals surface area contributed by atoms with Gasteiger partial charge >= 0.3 is 6.18 Å². The third kappa shape index (κ3) is 3.99. The lowest BCUT2D eigenvalue weighted by Crippen LogP contribution is -2.51. The van der Waals surface area contributed by atoms with Gasteiger partial charge in [-0.15, -0.1) is 17.5 Å². The van der Waals surface area contributed by atoms with Crippen molar-refractivity contribution in [3.05, 3.63) is 41.7 Å². The number of benzene rings is 1. The summed E-state index contributed by atoms with van der Waals surface area (Å²) < 4.78 is 40.3. The largest absolute Gasteiger partial charge is 0.418 e. The summed E-state index contributed by atoms with van der Waals surface area (Å²) in [6.07, 6.45) is 0.171. The van der Waals surface area contributed by atoms with Gasteiger partial charge < -0.3 is 11.1 Å². The molecule has 0 unspecified atom stereocenters. The van der Waals surface area contributed by atoms with Crippen LogP contribution in [-0.2, 0) is 6.18 Å². The molecule has 0 saturated heterocycles. The average molecular weight is 390 g/mol. The lowest BCUT2D eigenvalue weighted by atomic mass is 9.98. The van der Waals surface area contributed by atoms with Gasteiger partial charge in [0.2, 0.25) is 0 Å². The van der Waals surface area contributed by atoms with E-state index in [4.69, 9.17) is 5.73 Å². The van der Waals surface area contributed by atoms with E-state index in [1.165, 1.54) is 24.4 Å². The predicted molar refractivity (Wildman–Crippen MR) is 91.3 cm³/mol. The zero-order valence-corrected chi connectivity index (χ0v) is 14.6. The van der Waals surface area contributed by atoms with Crippen LogP contribution in [-0.4, -0.2) is 33.0 Å². The number of carbonyl (C=O) groups excluding carboxylic acids is 1. The molecule has 142 valence electrons. The Morgan fingerprint density at radius 2 is 1.92 bits per heavy atom. The minimum absolute atomic E-state index is 0. The number of nitrogens with two attached hydrogens (primary N) is 1. The highest BCUT2D eigenvalue weighted by atomic mass is 35.5. The predicted octanol–water partition coefficient (Wildman–Crippen LogP) is 2.71. The van der Waals surface area contributed by atoms with Crippen molar-refractivity contribution in [2.24, 2.45) is 5.73 Å². The molecule has 0 radical (unpaired) electrons. The van der Waals surface area contributed by atoms with Crippen LogP contribution in [0.4, 0.5) is 13.2 Å². The van der Waals surface area contributed by atoms with Crippen molar-refractivity contribution in [3.8, 4) is 5.69 Å². The molecule has 0 spiro atoms. The maximum atomic E-state index is 13.1. The monoisotopic (exact) mass is 389 g/mol. The Bertz CT molecular complexity index is 771. The fourth-order valence-corrected chi connectivity index (χ4v) is 3.14. The summed E-state index contributed by atoms with van der Waals surface area (Å²) in [5, 5.41) is 10.3. The topological polar surface area (TPSA) is 85.8 Å². The molecule has 10 heteroatoms. The Kier molecular flexibility index (Phi) is 5.92. The van der Waals surface area contributed by atoms with Crippen LogP contribution < -0.4 is 11.1 Å². The van der Waals surface area contributed by atoms with Gasteiger partial charge in [0.1, 0.15) is 0 Å². The molecule has 1 amide bonds. The van der Waals surface area contributed by atoms with Gasteiger partial charge in [-0.3, -0.25) is 4.79 Å². The van der Waals surface area contributed by atoms with Crippen LogP contribution in [0, 0.1) is 0 Å². The Hall–Kier alpha value is -2.13. The van der Waals surface area contributed by atoms with Crippen LogP contribution in [0.3, 0.4) is 0 Å². The lowest BCUT2D eigenvalue weighted by molar-refractivity contribution is -0.137. The molecule has 6 nitrogen and oxygen atoms in total. The van der Waals surface area contributed by atoms with Gasteiger partial charge in [0, 0.05) is 6.54 Å². The molecule has 1 aliphatic rings. The molecular formula is C16H19ClF3N5O. The van der Waals surface area contributed by atoms with Crippen molar-refractivity contribution in [2.75, 3.05) is 6.54 Å². The lowest BCUT2D eigenvalue weighted by Gasteiger charge is -2.28. The van der Waals surface area contributed by atoms with Gasteiger partial charge in [0.15, 0.2) is 5.69 Å². The molecule has 1 saturated carbocycles. The fraction of sp³-hybridized carbons (Fsp3) is 0.438. The van der Waals surface area contributed by atoms with E-state index in [2.05, 4.69) is 15.6 Å². The van der Waals surface area contributed by atoms with Gasteiger partial charge in [-0.2, -0.15) is 13.2 Å². The number of halogens is 4. The van der Waals surface area contributed by atoms with Crippen molar-refractivity contribution in [3.63, 3.8) is 0 Å². The van der Waals surface area contributed by atoms with Crippen LogP contribution in [0.25, 0.3) is 5.69 Å². The third-order valence-electron chi connectivity index (χ3n) is 4.51. The normalized spacial score (nSPS) is 16.2. The molecule has 1 aliphatic carbocycles. The van der Waals surface area contributed by atoms with Crippen molar-refractivity contribution < 1.29 is 18.0 Å². The first kappa shape index (κ1) is 20.2. The van der Waals surface area contributed by atoms with E-state index in [1.54, 1.807) is 0 Å². The highest BCUT2D eigenvalue weighted by Gasteiger charge is 2.36. The molecule has 0 bridgehead atoms. The van der Waals surface area contributed by atoms with Gasteiger partial charge in [0.25, 0.3) is 5.91 Å². The molecule has 1 heterocycles. The number of para-hydroxylation sites is 1. The highest BCUT2D eigenvalue weighted by Crippen LogP contribution is 2.33. The van der Waals surface area contributed by atoms with Gasteiger partial charge in [-0.25, -0.2) is 4.68 Å². The number of carbonyl (C=O) groups is 1. The van der Waals surface area contributed by atoms with E-state index in [0.717, 1.165) is 36.4 Å². The summed E-state index contributed by atoms with van der Waals surface area (Å²) in [5.41, 5.74) is 4.24. The number of aromatic nitrogens is 3. The summed E-state index contributed by atoms with van der Waals surface area (Å²) in [4.78, 5) is 12.4. The van der Waals surface area contributed by atoms with E-state index in [0.29, 0.717) is 6.54 Å². The van der Waals surface area contributed by atoms with Crippen molar-refractivity contribution in [2.45, 2.75) is 37.4 Å². The number of hydrogen-bond acceptors (Lipinski definition) is 4. The van der Waals surface area contributed by atoms with Crippen LogP contribution in [0.1, 0.15) is 41.7 Å². The maximum absolute atomic E-state index is 13.1. The Balaban J connectivity index is 0.00000243. The molecule has 3 rings (SSSR count). The van der Waals surface area contributed by atoms with Crippen LogP contribution in [0.5, 0.6) is 0 Å². The molecule has 1 aromatic carbocycles. The Morgan fingerprint density at radius 3 is 2.54 bits per heavy atom. The van der Waals surface area contributed by atoms with Crippen molar-refractivity contribution in [1.29, 1.82) is 0 Å². The van der Waals surface area contributed by atoms with E-state index >= 15 is 0 Å². The minimum Gasteiger partial charge on any atom is -0.344 e. The molecular weight excluding hydrogens is 371 g/mol. The van der Waals surface area contributed by atoms with Gasteiger partial charge in [0.05, 0.1) is 23.0 Å². The number of alkyl halides is 3. The van der Waals surface area contributed by atoms with Gasteiger partial charge in [-0.1, -0.05) is 30.2 Å². The number of nitrogens with one attached hydrogen (secondary N) is 1. The average Bonchev–Trinajstić information content (AvgIpc) is 3.24. The molecule has 1 fully saturated rings. The van der Waals surface area contributed by atoms with E-state index in [-0.39, 0.29) is 23.8 Å². The quantitative estimate of drug-likeness (QED) is 0.841. The zero-order chi connectivity index (χ0) is 18.1. The first-order chi connectivity index (χ1) is 11.8. The molecule has 3 N–H and O–H groups in total. The second kappa shape index (κ2) is 7.63. The SMILES string of the molecule is Cl.NCC1(NC(=O)c2cn(-c3ccccc3C(F)(F)F)nn2)CCCC1. The molecule has 2 aromatic rings. The molecule has 0 aliphatic heterocycles. The van der Waals surface area contributed by atoms with Crippen LogP contribution >= 0.6 is 12.4 Å². The van der Waals surface area contributed by atoms with E-state index in [1.807, 2.05) is 0 Å². The fourth-order valence-electron chi connectivity index (χ4n) is 3.14. The molecule has 0 atom stereocenters. The maximum Gasteiger partial charge on any atom is 0.418 e. The number of hydrogen-bond donors (Lipinski definition) is 2. The summed E-state index contributed by atoms with van der Waals surface area (Å²) in [7, 11) is 0. The van der Waals surface area contributed by atoms with Crippen LogP contribution in [0.15, 0.2) is 30.5 Å². The van der Waals surface area contributed by atoms with Gasteiger partial charge in [-0.05, 0) is 25.0 Å². The first-order valence-electron chi connectivity index (χ1n) is 7.96. The Morgan fingerprint density at radius 1 is 1.27 bits per heavy atom. The minimum atomic E-state index is -4.53. The number of nitrogens with zero attached hydrogens (tertiary/aromatic N) is 3. The number of amides is 1. The first-order valence-corrected chi connectivity index (χ1v) is 7.96. The second-order valence-corrected chi connectivity index (χ2v) is 6.21. The zero-order valence-electron chi connectivity index (χ0n) is 13.8. The third-order valence-corrected chi connectivity index (χ3v) is 4.51. The molecule has 26 heavy (non-hydrogen) atoms. The smallest absolute Gasteiger partial charge is 0.344 e. The van der Waals surface area contributed by atoms with Crippen molar-refractivity contribution >= 4 is 18.3 Å². The highest BCUT2D eigenvalue weighted by molar-refractivity contribution is 5.92. The van der Waals surface area contributed by atoms with E-state index in [9.17, 15) is 18.0 Å². The second-order valence-electron chi connectivity index (χ2n) is 6.21. The van der Waals surface area contributed by atoms with Crippen LogP contribution in [0.2, 0.25) is 0 Å². The standard InChI is InChI=1S/C16H18F3N5O.ClH/c17-16(18,19)11-5-1-2-6-13(11)24-9-12(22-23-24)14(25)21-15(10-20)7-3-4-8-15;/h1-2,5-6,9H,3-4,7-8,10,20H2,(H,21,25);1H. The molecule has 1 aromatic heterocycles. The van der Waals surface area contributed by atoms with Crippen molar-refractivity contribution in [1.82, 2.24) is 20.3 Å². The Labute approximate surface area is 154 Å². The number of rotatable bonds is 4. The summed E-state index contributed by atoms with van der Waals surface area (Å²) >= 11 is 0. The summed E-state index contributed by atoms with van der Waals surface area (Å²) in [6.45, 7) is 0.309. The summed E-state index contributed by atoms with van der Waals surface area (Å²) in [5.74, 6) is -0.483.